The number of unbranched alkanes of at least 4 members (excludes halogenated alkanes) is 1. The van der Waals surface area contributed by atoms with Crippen LogP contribution in [0, 0.1) is 0 Å². The maximum Gasteiger partial charge on any atom is 0.421 e. The number of aliphatic carboxylic acids is 1. The van der Waals surface area contributed by atoms with Crippen molar-refractivity contribution in [1.29, 1.82) is 0 Å². The summed E-state index contributed by atoms with van der Waals surface area (Å²) < 4.78 is 10.7. The number of rotatable bonds is 11. The van der Waals surface area contributed by atoms with Crippen molar-refractivity contribution in [3.63, 3.8) is 0 Å². The fourth-order valence-corrected chi connectivity index (χ4v) is 4.25. The maximum absolute atomic E-state index is 12.4. The minimum absolute atomic E-state index is 0.0598. The quantitative estimate of drug-likeness (QED) is 0.265. The Bertz CT molecular complexity index is 1020. The molecule has 194 valence electrons. The van der Waals surface area contributed by atoms with Gasteiger partial charge in [0.05, 0.1) is 6.42 Å². The number of benzene rings is 2. The molecule has 2 aromatic carbocycles. The van der Waals surface area contributed by atoms with E-state index in [1.165, 1.54) is 0 Å². The Balaban J connectivity index is 1.43. The third kappa shape index (κ3) is 7.98. The molecule has 9 heteroatoms. The van der Waals surface area contributed by atoms with Crippen LogP contribution in [0.4, 0.5) is 9.59 Å². The molecule has 2 amide bonds. The summed E-state index contributed by atoms with van der Waals surface area (Å²) in [5, 5.41) is 11.9. The third-order valence-corrected chi connectivity index (χ3v) is 5.79. The standard InChI is InChI=1S/C27H35N3O6/c1-27(2,3)36-25(33)28-15-9-8-10-18(16-24(31)32)29-30-26(34)35-17-23-21-13-6-4-11-19(21)20-12-5-7-14-22(20)23/h4-7,11-14,18,23,29H,8-10,15-17H2,1-3H3,(H,28,33)(H,30,34)(H,31,32)/t18-/m1/s1. The van der Waals surface area contributed by atoms with Crippen LogP contribution in [0.15, 0.2) is 48.5 Å². The third-order valence-electron chi connectivity index (χ3n) is 5.79. The van der Waals surface area contributed by atoms with Crippen molar-refractivity contribution in [3.05, 3.63) is 59.7 Å². The first kappa shape index (κ1) is 27.0. The van der Waals surface area contributed by atoms with Crippen LogP contribution in [0.5, 0.6) is 0 Å². The summed E-state index contributed by atoms with van der Waals surface area (Å²) in [5.74, 6) is -1.04. The smallest absolute Gasteiger partial charge is 0.421 e. The molecule has 0 saturated carbocycles. The van der Waals surface area contributed by atoms with Crippen molar-refractivity contribution in [2.75, 3.05) is 13.2 Å². The lowest BCUT2D eigenvalue weighted by Crippen LogP contribution is -2.45. The highest BCUT2D eigenvalue weighted by Crippen LogP contribution is 2.44. The number of carboxylic acids is 1. The molecule has 0 spiro atoms. The largest absolute Gasteiger partial charge is 0.481 e. The molecule has 0 unspecified atom stereocenters. The second-order valence-corrected chi connectivity index (χ2v) is 9.81. The molecule has 1 atom stereocenters. The number of carbonyl (C=O) groups excluding carboxylic acids is 2. The Morgan fingerprint density at radius 2 is 1.56 bits per heavy atom. The van der Waals surface area contributed by atoms with Gasteiger partial charge in [-0.3, -0.25) is 10.2 Å². The van der Waals surface area contributed by atoms with E-state index in [4.69, 9.17) is 9.47 Å². The minimum Gasteiger partial charge on any atom is -0.481 e. The predicted octanol–water partition coefficient (Wildman–Crippen LogP) is 4.57. The molecule has 3 rings (SSSR count). The van der Waals surface area contributed by atoms with Crippen molar-refractivity contribution in [1.82, 2.24) is 16.2 Å². The van der Waals surface area contributed by atoms with Gasteiger partial charge in [-0.15, -0.1) is 0 Å². The lowest BCUT2D eigenvalue weighted by Gasteiger charge is -2.20. The number of alkyl carbamates (subject to hydrolysis) is 1. The van der Waals surface area contributed by atoms with Crippen LogP contribution in [-0.4, -0.2) is 48.1 Å². The number of nitrogens with one attached hydrogen (secondary N) is 3. The van der Waals surface area contributed by atoms with Gasteiger partial charge in [0.25, 0.3) is 0 Å². The lowest BCUT2D eigenvalue weighted by molar-refractivity contribution is -0.137. The zero-order valence-electron chi connectivity index (χ0n) is 21.0. The summed E-state index contributed by atoms with van der Waals surface area (Å²) in [6.07, 6.45) is 0.461. The lowest BCUT2D eigenvalue weighted by atomic mass is 9.98. The fraction of sp³-hybridized carbons (Fsp3) is 0.444. The van der Waals surface area contributed by atoms with Gasteiger partial charge in [0, 0.05) is 18.5 Å². The van der Waals surface area contributed by atoms with E-state index in [-0.39, 0.29) is 18.9 Å². The number of hydrazine groups is 1. The Kier molecular flexibility index (Phi) is 9.30. The number of hydrogen-bond donors (Lipinski definition) is 4. The van der Waals surface area contributed by atoms with Gasteiger partial charge in [0.2, 0.25) is 0 Å². The maximum atomic E-state index is 12.4. The number of fused-ring (bicyclic) bond motifs is 3. The van der Waals surface area contributed by atoms with Crippen molar-refractivity contribution < 1.29 is 29.0 Å². The van der Waals surface area contributed by atoms with Gasteiger partial charge in [0.15, 0.2) is 0 Å². The highest BCUT2D eigenvalue weighted by Gasteiger charge is 2.29. The van der Waals surface area contributed by atoms with Crippen LogP contribution < -0.4 is 16.2 Å². The van der Waals surface area contributed by atoms with Gasteiger partial charge >= 0.3 is 18.2 Å². The summed E-state index contributed by atoms with van der Waals surface area (Å²) in [7, 11) is 0. The Morgan fingerprint density at radius 3 is 2.14 bits per heavy atom. The molecule has 0 bridgehead atoms. The molecule has 0 radical (unpaired) electrons. The van der Waals surface area contributed by atoms with Crippen LogP contribution in [0.25, 0.3) is 11.1 Å². The number of amides is 2. The molecule has 9 nitrogen and oxygen atoms in total. The monoisotopic (exact) mass is 497 g/mol. The van der Waals surface area contributed by atoms with Gasteiger partial charge in [-0.2, -0.15) is 0 Å². The van der Waals surface area contributed by atoms with Crippen LogP contribution in [0.2, 0.25) is 0 Å². The van der Waals surface area contributed by atoms with E-state index in [0.29, 0.717) is 25.8 Å². The van der Waals surface area contributed by atoms with Gasteiger partial charge in [-0.05, 0) is 55.9 Å². The first-order chi connectivity index (χ1) is 17.1. The fourth-order valence-electron chi connectivity index (χ4n) is 4.25. The van der Waals surface area contributed by atoms with Crippen LogP contribution >= 0.6 is 0 Å². The van der Waals surface area contributed by atoms with E-state index in [1.807, 2.05) is 36.4 Å². The zero-order valence-corrected chi connectivity index (χ0v) is 21.0. The second-order valence-electron chi connectivity index (χ2n) is 9.81. The highest BCUT2D eigenvalue weighted by atomic mass is 16.6. The molecule has 0 aromatic heterocycles. The molecule has 4 N–H and O–H groups in total. The zero-order chi connectivity index (χ0) is 26.1. The van der Waals surface area contributed by atoms with E-state index in [2.05, 4.69) is 28.3 Å². The normalized spacial score (nSPS) is 13.3. The Morgan fingerprint density at radius 1 is 0.944 bits per heavy atom. The Labute approximate surface area is 211 Å². The molecule has 36 heavy (non-hydrogen) atoms. The molecule has 1 aliphatic rings. The average molecular weight is 498 g/mol. The first-order valence-corrected chi connectivity index (χ1v) is 12.2. The average Bonchev–Trinajstić information content (AvgIpc) is 3.13. The number of carbonyl (C=O) groups is 3. The Hall–Kier alpha value is -3.59. The number of carboxylic acid groups (broad SMARTS) is 1. The number of hydrogen-bond acceptors (Lipinski definition) is 6. The molecule has 0 saturated heterocycles. The highest BCUT2D eigenvalue weighted by molar-refractivity contribution is 5.79. The van der Waals surface area contributed by atoms with E-state index in [1.54, 1.807) is 20.8 Å². The van der Waals surface area contributed by atoms with Crippen molar-refractivity contribution in [3.8, 4) is 11.1 Å². The number of ether oxygens (including phenoxy) is 2. The van der Waals surface area contributed by atoms with Crippen molar-refractivity contribution in [2.45, 2.75) is 64.0 Å². The van der Waals surface area contributed by atoms with Gasteiger partial charge in [-0.25, -0.2) is 15.0 Å². The molecular formula is C27H35N3O6. The van der Waals surface area contributed by atoms with Crippen molar-refractivity contribution in [2.24, 2.45) is 0 Å². The first-order valence-electron chi connectivity index (χ1n) is 12.2. The summed E-state index contributed by atoms with van der Waals surface area (Å²) in [4.78, 5) is 35.3. The van der Waals surface area contributed by atoms with E-state index in [9.17, 15) is 19.5 Å². The topological polar surface area (TPSA) is 126 Å². The van der Waals surface area contributed by atoms with Crippen LogP contribution in [0.3, 0.4) is 0 Å². The minimum atomic E-state index is -0.978. The predicted molar refractivity (Wildman–Crippen MR) is 135 cm³/mol. The van der Waals surface area contributed by atoms with Crippen molar-refractivity contribution >= 4 is 18.2 Å². The van der Waals surface area contributed by atoms with Gasteiger partial charge in [0.1, 0.15) is 12.2 Å². The molecule has 2 aromatic rings. The summed E-state index contributed by atoms with van der Waals surface area (Å²) in [6, 6.07) is 15.7. The molecule has 0 aliphatic heterocycles. The summed E-state index contributed by atoms with van der Waals surface area (Å²) >= 11 is 0. The molecular weight excluding hydrogens is 462 g/mol. The summed E-state index contributed by atoms with van der Waals surface area (Å²) in [5.41, 5.74) is 9.21. The molecule has 1 aliphatic carbocycles. The molecule has 0 heterocycles. The van der Waals surface area contributed by atoms with E-state index in [0.717, 1.165) is 22.3 Å². The van der Waals surface area contributed by atoms with Crippen LogP contribution in [0.1, 0.15) is 63.5 Å². The SMILES string of the molecule is CC(C)(C)OC(=O)NCCCC[C@H](CC(=O)O)NNC(=O)OCC1c2ccccc2-c2ccccc21. The summed E-state index contributed by atoms with van der Waals surface area (Å²) in [6.45, 7) is 5.95. The van der Waals surface area contributed by atoms with E-state index < -0.39 is 29.8 Å². The second kappa shape index (κ2) is 12.4. The van der Waals surface area contributed by atoms with Gasteiger partial charge in [-0.1, -0.05) is 55.0 Å². The van der Waals surface area contributed by atoms with Crippen LogP contribution in [-0.2, 0) is 14.3 Å². The van der Waals surface area contributed by atoms with E-state index >= 15 is 0 Å². The van der Waals surface area contributed by atoms with Gasteiger partial charge < -0.3 is 19.9 Å². The molecule has 0 fully saturated rings.